The Morgan fingerprint density at radius 1 is 1.32 bits per heavy atom. The molecular formula is C16H26N2O. The van der Waals surface area contributed by atoms with E-state index in [0.29, 0.717) is 6.04 Å². The molecule has 3 heteroatoms. The average molecular weight is 262 g/mol. The lowest BCUT2D eigenvalue weighted by atomic mass is 9.97. The van der Waals surface area contributed by atoms with Crippen molar-refractivity contribution in [3.05, 3.63) is 28.8 Å². The number of nitrogens with zero attached hydrogens (tertiary/aromatic N) is 1. The normalized spacial score (nSPS) is 20.5. The Morgan fingerprint density at radius 3 is 2.79 bits per heavy atom. The highest BCUT2D eigenvalue weighted by atomic mass is 16.5. The molecule has 0 amide bonds. The summed E-state index contributed by atoms with van der Waals surface area (Å²) >= 11 is 0. The van der Waals surface area contributed by atoms with E-state index in [4.69, 9.17) is 4.74 Å². The third kappa shape index (κ3) is 3.71. The molecule has 1 aliphatic rings. The number of ether oxygens (including phenoxy) is 1. The highest BCUT2D eigenvalue weighted by Gasteiger charge is 2.16. The largest absolute Gasteiger partial charge is 0.496 e. The van der Waals surface area contributed by atoms with Crippen molar-refractivity contribution in [2.24, 2.45) is 0 Å². The molecule has 2 rings (SSSR count). The molecule has 1 aromatic carbocycles. The molecule has 1 aliphatic heterocycles. The van der Waals surface area contributed by atoms with E-state index in [2.05, 4.69) is 43.2 Å². The smallest absolute Gasteiger partial charge is 0.122 e. The maximum atomic E-state index is 5.37. The van der Waals surface area contributed by atoms with Gasteiger partial charge in [0.05, 0.1) is 7.11 Å². The van der Waals surface area contributed by atoms with E-state index in [1.165, 1.54) is 23.1 Å². The molecule has 1 saturated heterocycles. The first-order valence-corrected chi connectivity index (χ1v) is 7.16. The monoisotopic (exact) mass is 262 g/mol. The van der Waals surface area contributed by atoms with Crippen LogP contribution in [-0.2, 0) is 6.42 Å². The Balaban J connectivity index is 1.97. The minimum atomic E-state index is 0.626. The summed E-state index contributed by atoms with van der Waals surface area (Å²) in [6.45, 7) is 7.74. The van der Waals surface area contributed by atoms with Gasteiger partial charge in [0.15, 0.2) is 0 Å². The van der Waals surface area contributed by atoms with Crippen LogP contribution in [0.1, 0.15) is 23.1 Å². The highest BCUT2D eigenvalue weighted by molar-refractivity contribution is 5.41. The van der Waals surface area contributed by atoms with Crippen molar-refractivity contribution >= 4 is 0 Å². The zero-order valence-corrected chi connectivity index (χ0v) is 12.6. The summed E-state index contributed by atoms with van der Waals surface area (Å²) in [6.07, 6.45) is 2.35. The summed E-state index contributed by atoms with van der Waals surface area (Å²) < 4.78 is 5.37. The number of piperazine rings is 1. The fraction of sp³-hybridized carbons (Fsp3) is 0.625. The van der Waals surface area contributed by atoms with Crippen LogP contribution in [0.3, 0.4) is 0 Å². The molecule has 0 aromatic heterocycles. The van der Waals surface area contributed by atoms with E-state index in [1.54, 1.807) is 7.11 Å². The number of benzene rings is 1. The van der Waals surface area contributed by atoms with Gasteiger partial charge in [-0.3, -0.25) is 0 Å². The SMILES string of the molecule is COc1cc(C)c(CCC2CN(C)CCN2)cc1C. The Hall–Kier alpha value is -1.06. The molecule has 0 radical (unpaired) electrons. The van der Waals surface area contributed by atoms with Crippen LogP contribution in [0.25, 0.3) is 0 Å². The Bertz CT molecular complexity index is 431. The van der Waals surface area contributed by atoms with E-state index in [9.17, 15) is 0 Å². The van der Waals surface area contributed by atoms with Crippen molar-refractivity contribution < 1.29 is 4.74 Å². The minimum Gasteiger partial charge on any atom is -0.496 e. The zero-order chi connectivity index (χ0) is 13.8. The van der Waals surface area contributed by atoms with Crippen LogP contribution in [0.15, 0.2) is 12.1 Å². The van der Waals surface area contributed by atoms with Gasteiger partial charge in [0.2, 0.25) is 0 Å². The molecule has 0 bridgehead atoms. The van der Waals surface area contributed by atoms with Gasteiger partial charge in [-0.25, -0.2) is 0 Å². The topological polar surface area (TPSA) is 24.5 Å². The van der Waals surface area contributed by atoms with Gasteiger partial charge in [-0.15, -0.1) is 0 Å². The van der Waals surface area contributed by atoms with Crippen molar-refractivity contribution in [2.45, 2.75) is 32.7 Å². The fourth-order valence-electron chi connectivity index (χ4n) is 2.85. The molecular weight excluding hydrogens is 236 g/mol. The minimum absolute atomic E-state index is 0.626. The molecule has 1 fully saturated rings. The molecule has 1 N–H and O–H groups in total. The van der Waals surface area contributed by atoms with Crippen LogP contribution in [0.2, 0.25) is 0 Å². The predicted molar refractivity (Wildman–Crippen MR) is 80.1 cm³/mol. The lowest BCUT2D eigenvalue weighted by Gasteiger charge is -2.31. The molecule has 106 valence electrons. The number of aryl methyl sites for hydroxylation is 3. The maximum Gasteiger partial charge on any atom is 0.122 e. The standard InChI is InChI=1S/C16H26N2O/c1-12-10-16(19-4)13(2)9-14(12)5-6-15-11-18(3)8-7-17-15/h9-10,15,17H,5-8,11H2,1-4H3. The molecule has 1 aromatic rings. The first-order chi connectivity index (χ1) is 9.10. The molecule has 0 aliphatic carbocycles. The van der Waals surface area contributed by atoms with E-state index in [0.717, 1.165) is 31.8 Å². The molecule has 1 atom stereocenters. The molecule has 0 saturated carbocycles. The number of rotatable bonds is 4. The summed E-state index contributed by atoms with van der Waals surface area (Å²) in [5.41, 5.74) is 4.02. The molecule has 3 nitrogen and oxygen atoms in total. The van der Waals surface area contributed by atoms with E-state index >= 15 is 0 Å². The van der Waals surface area contributed by atoms with Crippen LogP contribution in [0.4, 0.5) is 0 Å². The van der Waals surface area contributed by atoms with Gasteiger partial charge in [0, 0.05) is 25.7 Å². The van der Waals surface area contributed by atoms with E-state index < -0.39 is 0 Å². The van der Waals surface area contributed by atoms with Gasteiger partial charge in [-0.05, 0) is 56.5 Å². The van der Waals surface area contributed by atoms with Gasteiger partial charge in [0.1, 0.15) is 5.75 Å². The summed E-state index contributed by atoms with van der Waals surface area (Å²) in [5.74, 6) is 0.997. The third-order valence-electron chi connectivity index (χ3n) is 4.07. The molecule has 0 spiro atoms. The maximum absolute atomic E-state index is 5.37. The highest BCUT2D eigenvalue weighted by Crippen LogP contribution is 2.23. The van der Waals surface area contributed by atoms with Crippen LogP contribution < -0.4 is 10.1 Å². The third-order valence-corrected chi connectivity index (χ3v) is 4.07. The number of hydrogen-bond donors (Lipinski definition) is 1. The van der Waals surface area contributed by atoms with E-state index in [1.807, 2.05) is 0 Å². The van der Waals surface area contributed by atoms with Gasteiger partial charge >= 0.3 is 0 Å². The van der Waals surface area contributed by atoms with Crippen LogP contribution >= 0.6 is 0 Å². The molecule has 1 unspecified atom stereocenters. The molecule has 1 heterocycles. The van der Waals surface area contributed by atoms with Crippen LogP contribution in [-0.4, -0.2) is 44.7 Å². The van der Waals surface area contributed by atoms with Crippen molar-refractivity contribution in [1.29, 1.82) is 0 Å². The summed E-state index contributed by atoms with van der Waals surface area (Å²) in [5, 5.41) is 3.61. The van der Waals surface area contributed by atoms with Crippen LogP contribution in [0, 0.1) is 13.8 Å². The average Bonchev–Trinajstić information content (AvgIpc) is 2.39. The summed E-state index contributed by atoms with van der Waals surface area (Å²) in [6, 6.07) is 5.06. The van der Waals surface area contributed by atoms with Crippen molar-refractivity contribution in [1.82, 2.24) is 10.2 Å². The number of methoxy groups -OCH3 is 1. The predicted octanol–water partition coefficient (Wildman–Crippen LogP) is 2.15. The summed E-state index contributed by atoms with van der Waals surface area (Å²) in [4.78, 5) is 2.41. The van der Waals surface area contributed by atoms with Crippen molar-refractivity contribution in [3.8, 4) is 5.75 Å². The van der Waals surface area contributed by atoms with E-state index in [-0.39, 0.29) is 0 Å². The first-order valence-electron chi connectivity index (χ1n) is 7.16. The molecule has 19 heavy (non-hydrogen) atoms. The second-order valence-electron chi connectivity index (χ2n) is 5.70. The van der Waals surface area contributed by atoms with Crippen molar-refractivity contribution in [3.63, 3.8) is 0 Å². The zero-order valence-electron chi connectivity index (χ0n) is 12.6. The first kappa shape index (κ1) is 14.4. The lowest BCUT2D eigenvalue weighted by molar-refractivity contribution is 0.232. The second kappa shape index (κ2) is 6.40. The number of nitrogens with one attached hydrogen (secondary N) is 1. The fourth-order valence-corrected chi connectivity index (χ4v) is 2.85. The lowest BCUT2D eigenvalue weighted by Crippen LogP contribution is -2.49. The van der Waals surface area contributed by atoms with Gasteiger partial charge in [0.25, 0.3) is 0 Å². The van der Waals surface area contributed by atoms with Gasteiger partial charge in [-0.1, -0.05) is 6.07 Å². The number of likely N-dealkylation sites (N-methyl/N-ethyl adjacent to an activating group) is 1. The quantitative estimate of drug-likeness (QED) is 0.900. The van der Waals surface area contributed by atoms with Gasteiger partial charge < -0.3 is 15.0 Å². The van der Waals surface area contributed by atoms with Gasteiger partial charge in [-0.2, -0.15) is 0 Å². The Labute approximate surface area is 116 Å². The van der Waals surface area contributed by atoms with Crippen molar-refractivity contribution in [2.75, 3.05) is 33.8 Å². The Morgan fingerprint density at radius 2 is 2.11 bits per heavy atom. The second-order valence-corrected chi connectivity index (χ2v) is 5.70. The number of hydrogen-bond acceptors (Lipinski definition) is 3. The van der Waals surface area contributed by atoms with Crippen LogP contribution in [0.5, 0.6) is 5.75 Å². The Kier molecular flexibility index (Phi) is 4.83. The summed E-state index contributed by atoms with van der Waals surface area (Å²) in [7, 11) is 3.94.